The molecule has 3 atom stereocenters. The van der Waals surface area contributed by atoms with Gasteiger partial charge in [0.25, 0.3) is 0 Å². The Labute approximate surface area is 184 Å². The molecule has 0 N–H and O–H groups in total. The van der Waals surface area contributed by atoms with Crippen molar-refractivity contribution in [2.75, 3.05) is 0 Å². The highest BCUT2D eigenvalue weighted by Gasteiger charge is 2.76. The summed E-state index contributed by atoms with van der Waals surface area (Å²) in [7, 11) is 0. The van der Waals surface area contributed by atoms with Crippen LogP contribution in [0.2, 0.25) is 0 Å². The molecule has 174 valence electrons. The van der Waals surface area contributed by atoms with Crippen molar-refractivity contribution in [1.82, 2.24) is 0 Å². The van der Waals surface area contributed by atoms with E-state index in [2.05, 4.69) is 13.8 Å². The van der Waals surface area contributed by atoms with Crippen LogP contribution in [0.15, 0.2) is 0 Å². The van der Waals surface area contributed by atoms with Crippen LogP contribution < -0.4 is 0 Å². The molecule has 4 aliphatic rings. The lowest BCUT2D eigenvalue weighted by molar-refractivity contribution is -0.0106. The van der Waals surface area contributed by atoms with Gasteiger partial charge in [0.15, 0.2) is 5.60 Å². The molecule has 1 spiro atoms. The first-order chi connectivity index (χ1) is 14.4. The van der Waals surface area contributed by atoms with Crippen molar-refractivity contribution in [2.45, 2.75) is 141 Å². The highest BCUT2D eigenvalue weighted by atomic mass is 19.1. The zero-order valence-electron chi connectivity index (χ0n) is 19.8. The molecular formula is C27H46F2O. The maximum Gasteiger partial charge on any atom is 0.159 e. The summed E-state index contributed by atoms with van der Waals surface area (Å²) in [6.45, 7) is 6.55. The molecule has 0 aromatic heterocycles. The minimum absolute atomic E-state index is 0.224. The Morgan fingerprint density at radius 3 is 1.77 bits per heavy atom. The molecule has 0 bridgehead atoms. The van der Waals surface area contributed by atoms with Crippen molar-refractivity contribution in [2.24, 2.45) is 29.6 Å². The van der Waals surface area contributed by atoms with Crippen LogP contribution in [-0.2, 0) is 4.74 Å². The van der Waals surface area contributed by atoms with E-state index in [1.807, 2.05) is 6.92 Å². The number of hydrogen-bond donors (Lipinski definition) is 0. The van der Waals surface area contributed by atoms with Crippen LogP contribution in [0.3, 0.4) is 0 Å². The van der Waals surface area contributed by atoms with Gasteiger partial charge in [0.05, 0.1) is 0 Å². The Bertz CT molecular complexity index is 537. The van der Waals surface area contributed by atoms with Gasteiger partial charge < -0.3 is 4.74 Å². The van der Waals surface area contributed by atoms with E-state index in [1.165, 1.54) is 64.2 Å². The standard InChI is InChI=1S/C27H46F2O/c1-4-5-6-7-16-26(3)27(30-26)24(28)17-23(18-25(27)29)22-14-12-21(13-15-22)20-10-8-19(2)9-11-20/h19-25H,4-18H2,1-3H3. The average molecular weight is 425 g/mol. The summed E-state index contributed by atoms with van der Waals surface area (Å²) in [6, 6.07) is 0. The lowest BCUT2D eigenvalue weighted by Crippen LogP contribution is -2.49. The largest absolute Gasteiger partial charge is 0.356 e. The second-order valence-corrected chi connectivity index (χ2v) is 11.8. The van der Waals surface area contributed by atoms with Gasteiger partial charge in [-0.15, -0.1) is 0 Å². The van der Waals surface area contributed by atoms with Gasteiger partial charge in [-0.05, 0) is 94.3 Å². The van der Waals surface area contributed by atoms with E-state index in [-0.39, 0.29) is 5.92 Å². The van der Waals surface area contributed by atoms with E-state index >= 15 is 8.78 Å². The predicted octanol–water partition coefficient (Wildman–Crippen LogP) is 8.20. The van der Waals surface area contributed by atoms with Gasteiger partial charge in [0.2, 0.25) is 0 Å². The first-order valence-electron chi connectivity index (χ1n) is 13.4. The van der Waals surface area contributed by atoms with E-state index in [1.54, 1.807) is 0 Å². The summed E-state index contributed by atoms with van der Waals surface area (Å²) in [5.74, 6) is 3.47. The Morgan fingerprint density at radius 1 is 0.733 bits per heavy atom. The second kappa shape index (κ2) is 9.36. The predicted molar refractivity (Wildman–Crippen MR) is 120 cm³/mol. The fourth-order valence-electron chi connectivity index (χ4n) is 7.68. The molecule has 1 aliphatic heterocycles. The third-order valence-electron chi connectivity index (χ3n) is 9.85. The Hall–Kier alpha value is -0.180. The number of halogens is 2. The third-order valence-corrected chi connectivity index (χ3v) is 9.85. The SMILES string of the molecule is CCCCCCC1(C)OC12C(F)CC(C1CCC(C3CCC(C)CC3)CC1)CC2F. The summed E-state index contributed by atoms with van der Waals surface area (Å²) in [4.78, 5) is 0. The normalized spacial score (nSPS) is 49.3. The minimum Gasteiger partial charge on any atom is -0.356 e. The van der Waals surface area contributed by atoms with Gasteiger partial charge in [-0.2, -0.15) is 0 Å². The molecule has 4 rings (SSSR count). The maximum absolute atomic E-state index is 15.4. The quantitative estimate of drug-likeness (QED) is 0.296. The number of alkyl halides is 2. The smallest absolute Gasteiger partial charge is 0.159 e. The topological polar surface area (TPSA) is 12.5 Å². The molecule has 30 heavy (non-hydrogen) atoms. The van der Waals surface area contributed by atoms with E-state index in [0.717, 1.165) is 37.0 Å². The highest BCUT2D eigenvalue weighted by molar-refractivity contribution is 5.23. The number of unbranched alkanes of at least 4 members (excludes halogenated alkanes) is 3. The summed E-state index contributed by atoms with van der Waals surface area (Å²) in [5, 5.41) is 0. The molecule has 3 unspecified atom stereocenters. The lowest BCUT2D eigenvalue weighted by Gasteiger charge is -2.42. The van der Waals surface area contributed by atoms with Crippen LogP contribution in [0.1, 0.15) is 117 Å². The van der Waals surface area contributed by atoms with Crippen LogP contribution in [0.5, 0.6) is 0 Å². The molecule has 3 aliphatic carbocycles. The molecule has 4 fully saturated rings. The fourth-order valence-corrected chi connectivity index (χ4v) is 7.68. The summed E-state index contributed by atoms with van der Waals surface area (Å²) < 4.78 is 36.7. The van der Waals surface area contributed by atoms with E-state index in [0.29, 0.717) is 18.8 Å². The minimum atomic E-state index is -1.13. The van der Waals surface area contributed by atoms with Crippen LogP contribution in [-0.4, -0.2) is 23.5 Å². The summed E-state index contributed by atoms with van der Waals surface area (Å²) >= 11 is 0. The average Bonchev–Trinajstić information content (AvgIpc) is 3.37. The lowest BCUT2D eigenvalue weighted by atomic mass is 9.63. The number of ether oxygens (including phenoxy) is 1. The molecular weight excluding hydrogens is 378 g/mol. The van der Waals surface area contributed by atoms with Crippen molar-refractivity contribution in [3.05, 3.63) is 0 Å². The van der Waals surface area contributed by atoms with Gasteiger partial charge >= 0.3 is 0 Å². The molecule has 1 heterocycles. The first-order valence-corrected chi connectivity index (χ1v) is 13.4. The molecule has 0 aromatic carbocycles. The molecule has 1 saturated heterocycles. The van der Waals surface area contributed by atoms with Crippen molar-refractivity contribution in [3.63, 3.8) is 0 Å². The Morgan fingerprint density at radius 2 is 1.23 bits per heavy atom. The van der Waals surface area contributed by atoms with Crippen molar-refractivity contribution in [3.8, 4) is 0 Å². The number of rotatable bonds is 7. The van der Waals surface area contributed by atoms with Gasteiger partial charge in [-0.3, -0.25) is 0 Å². The molecule has 3 saturated carbocycles. The van der Waals surface area contributed by atoms with Gasteiger partial charge in [-0.1, -0.05) is 52.4 Å². The zero-order valence-corrected chi connectivity index (χ0v) is 19.8. The molecule has 0 aromatic rings. The molecule has 0 amide bonds. The first kappa shape index (κ1) is 23.0. The van der Waals surface area contributed by atoms with Gasteiger partial charge in [0, 0.05) is 0 Å². The zero-order chi connectivity index (χ0) is 21.4. The van der Waals surface area contributed by atoms with E-state index in [4.69, 9.17) is 4.74 Å². The van der Waals surface area contributed by atoms with Gasteiger partial charge in [-0.25, -0.2) is 8.78 Å². The fraction of sp³-hybridized carbons (Fsp3) is 1.00. The molecule has 0 radical (unpaired) electrons. The molecule has 1 nitrogen and oxygen atoms in total. The monoisotopic (exact) mass is 424 g/mol. The van der Waals surface area contributed by atoms with Crippen molar-refractivity contribution in [1.29, 1.82) is 0 Å². The Kier molecular flexibility index (Phi) is 7.17. The second-order valence-electron chi connectivity index (χ2n) is 11.8. The highest BCUT2D eigenvalue weighted by Crippen LogP contribution is 2.62. The van der Waals surface area contributed by atoms with Crippen LogP contribution >= 0.6 is 0 Å². The summed E-state index contributed by atoms with van der Waals surface area (Å²) in [6.07, 6.45) is 14.8. The van der Waals surface area contributed by atoms with E-state index in [9.17, 15) is 0 Å². The number of hydrogen-bond acceptors (Lipinski definition) is 1. The maximum atomic E-state index is 15.4. The van der Waals surface area contributed by atoms with E-state index < -0.39 is 23.5 Å². The molecule has 3 heteroatoms. The van der Waals surface area contributed by atoms with Crippen LogP contribution in [0.25, 0.3) is 0 Å². The third kappa shape index (κ3) is 4.35. The van der Waals surface area contributed by atoms with Crippen LogP contribution in [0.4, 0.5) is 8.78 Å². The van der Waals surface area contributed by atoms with Crippen molar-refractivity contribution >= 4 is 0 Å². The van der Waals surface area contributed by atoms with Gasteiger partial charge in [0.1, 0.15) is 17.9 Å². The van der Waals surface area contributed by atoms with Crippen LogP contribution in [0, 0.1) is 29.6 Å². The van der Waals surface area contributed by atoms with Crippen molar-refractivity contribution < 1.29 is 13.5 Å². The Balaban J connectivity index is 1.26. The number of epoxide rings is 1. The summed E-state index contributed by atoms with van der Waals surface area (Å²) in [5.41, 5.74) is -1.69.